The van der Waals surface area contributed by atoms with Gasteiger partial charge in [0, 0.05) is 44.5 Å². The van der Waals surface area contributed by atoms with Crippen molar-refractivity contribution in [2.24, 2.45) is 0 Å². The molecule has 0 radical (unpaired) electrons. The van der Waals surface area contributed by atoms with Crippen LogP contribution in [0.1, 0.15) is 64.7 Å². The van der Waals surface area contributed by atoms with E-state index < -0.39 is 0 Å². The summed E-state index contributed by atoms with van der Waals surface area (Å²) in [7, 11) is 5.88. The standard InChI is InChI=1S/C20H27N5O.C14H20O/c1-22-20(26)18-10-16(11-23-19(18)21)15-6-4-14(5-7-15)12-25-9-8-17(13-25)24(2)3;1-11-7-8-13(9-12(11)2)10-15-14-5-3-4-6-14/h4-7,10-11,17H,8-9,12-13H2,1-3H3,(H2,21,23)(H,22,26);7-9,14H,3-6,10H2,1-2H3. The second-order valence-corrected chi connectivity index (χ2v) is 11.7. The van der Waals surface area contributed by atoms with Crippen molar-refractivity contribution >= 4 is 11.7 Å². The average Bonchev–Trinajstić information content (AvgIpc) is 3.67. The summed E-state index contributed by atoms with van der Waals surface area (Å²) in [4.78, 5) is 20.9. The Hall–Kier alpha value is -3.26. The Bertz CT molecular complexity index is 1280. The maximum absolute atomic E-state index is 11.9. The number of pyridine rings is 1. The highest BCUT2D eigenvalue weighted by molar-refractivity contribution is 5.99. The summed E-state index contributed by atoms with van der Waals surface area (Å²) in [5, 5.41) is 2.59. The SMILES string of the molecule is CNC(=O)c1cc(-c2ccc(CN3CCC(N(C)C)C3)cc2)cnc1N.Cc1ccc(COC2CCCC2)cc1C. The number of hydrogen-bond acceptors (Lipinski definition) is 6. The number of rotatable bonds is 8. The molecular formula is C34H47N5O2. The van der Waals surface area contributed by atoms with Crippen LogP contribution in [0.3, 0.4) is 0 Å². The van der Waals surface area contributed by atoms with E-state index in [0.29, 0.717) is 17.7 Å². The second kappa shape index (κ2) is 14.6. The summed E-state index contributed by atoms with van der Waals surface area (Å²) >= 11 is 0. The number of benzene rings is 2. The lowest BCUT2D eigenvalue weighted by atomic mass is 10.0. The third kappa shape index (κ3) is 8.62. The van der Waals surface area contributed by atoms with Crippen molar-refractivity contribution in [3.8, 4) is 11.1 Å². The third-order valence-electron chi connectivity index (χ3n) is 8.42. The number of nitrogens with two attached hydrogens (primary N) is 1. The number of aryl methyl sites for hydroxylation is 2. The topological polar surface area (TPSA) is 83.7 Å². The van der Waals surface area contributed by atoms with Gasteiger partial charge in [-0.25, -0.2) is 4.98 Å². The van der Waals surface area contributed by atoms with Crippen molar-refractivity contribution in [2.75, 3.05) is 40.0 Å². The first-order valence-electron chi connectivity index (χ1n) is 14.9. The summed E-state index contributed by atoms with van der Waals surface area (Å²) in [6.07, 6.45) is 8.65. The van der Waals surface area contributed by atoms with Gasteiger partial charge in [-0.2, -0.15) is 0 Å². The predicted octanol–water partition coefficient (Wildman–Crippen LogP) is 5.59. The monoisotopic (exact) mass is 557 g/mol. The highest BCUT2D eigenvalue weighted by atomic mass is 16.5. The lowest BCUT2D eigenvalue weighted by Gasteiger charge is -2.20. The molecule has 1 aromatic heterocycles. The Kier molecular flexibility index (Phi) is 10.9. The van der Waals surface area contributed by atoms with Gasteiger partial charge in [0.25, 0.3) is 5.91 Å². The number of ether oxygens (including phenoxy) is 1. The van der Waals surface area contributed by atoms with E-state index in [1.54, 1.807) is 19.3 Å². The van der Waals surface area contributed by atoms with Gasteiger partial charge in [-0.05, 0) is 81.1 Å². The molecule has 2 aliphatic rings. The molecule has 1 aliphatic heterocycles. The molecule has 3 aromatic rings. The van der Waals surface area contributed by atoms with Crippen molar-refractivity contribution in [1.29, 1.82) is 0 Å². The van der Waals surface area contributed by atoms with Crippen molar-refractivity contribution in [3.63, 3.8) is 0 Å². The second-order valence-electron chi connectivity index (χ2n) is 11.7. The van der Waals surface area contributed by atoms with Crippen LogP contribution in [0, 0.1) is 13.8 Å². The molecule has 0 bridgehead atoms. The Morgan fingerprint density at radius 3 is 2.34 bits per heavy atom. The zero-order valence-electron chi connectivity index (χ0n) is 25.5. The minimum absolute atomic E-state index is 0.224. The van der Waals surface area contributed by atoms with E-state index in [9.17, 15) is 4.79 Å². The molecule has 2 fully saturated rings. The number of nitrogens with one attached hydrogen (secondary N) is 1. The Labute approximate surface area is 246 Å². The van der Waals surface area contributed by atoms with Crippen LogP contribution in [0.5, 0.6) is 0 Å². The van der Waals surface area contributed by atoms with Crippen LogP contribution in [0.4, 0.5) is 5.82 Å². The van der Waals surface area contributed by atoms with Gasteiger partial charge in [0.2, 0.25) is 0 Å². The van der Waals surface area contributed by atoms with E-state index in [1.165, 1.54) is 54.4 Å². The zero-order chi connectivity index (χ0) is 29.4. The van der Waals surface area contributed by atoms with Crippen LogP contribution < -0.4 is 11.1 Å². The Morgan fingerprint density at radius 2 is 1.71 bits per heavy atom. The van der Waals surface area contributed by atoms with Gasteiger partial charge in [0.1, 0.15) is 5.82 Å². The highest BCUT2D eigenvalue weighted by Gasteiger charge is 2.23. The Balaban J connectivity index is 0.000000218. The molecule has 1 saturated carbocycles. The van der Waals surface area contributed by atoms with E-state index >= 15 is 0 Å². The summed E-state index contributed by atoms with van der Waals surface area (Å²) < 4.78 is 5.88. The predicted molar refractivity (Wildman–Crippen MR) is 168 cm³/mol. The molecule has 1 aliphatic carbocycles. The smallest absolute Gasteiger partial charge is 0.254 e. The van der Waals surface area contributed by atoms with E-state index in [1.807, 2.05) is 0 Å². The molecule has 220 valence electrons. The van der Waals surface area contributed by atoms with Crippen molar-refractivity contribution in [2.45, 2.75) is 71.2 Å². The number of carbonyl (C=O) groups is 1. The molecule has 7 nitrogen and oxygen atoms in total. The van der Waals surface area contributed by atoms with Gasteiger partial charge in [-0.15, -0.1) is 0 Å². The fraction of sp³-hybridized carbons (Fsp3) is 0.471. The van der Waals surface area contributed by atoms with Gasteiger partial charge >= 0.3 is 0 Å². The maximum Gasteiger partial charge on any atom is 0.254 e. The van der Waals surface area contributed by atoms with Crippen LogP contribution >= 0.6 is 0 Å². The van der Waals surface area contributed by atoms with E-state index in [2.05, 4.69) is 90.5 Å². The molecule has 1 amide bonds. The summed E-state index contributed by atoms with van der Waals surface area (Å²) in [5.41, 5.74) is 13.5. The van der Waals surface area contributed by atoms with Crippen LogP contribution in [-0.2, 0) is 17.9 Å². The molecule has 41 heavy (non-hydrogen) atoms. The van der Waals surface area contributed by atoms with Gasteiger partial charge in [0.15, 0.2) is 0 Å². The third-order valence-corrected chi connectivity index (χ3v) is 8.42. The number of likely N-dealkylation sites (tertiary alicyclic amines) is 1. The normalized spacial score (nSPS) is 17.5. The molecule has 5 rings (SSSR count). The van der Waals surface area contributed by atoms with Crippen molar-refractivity contribution in [3.05, 3.63) is 82.5 Å². The maximum atomic E-state index is 11.9. The average molecular weight is 558 g/mol. The first-order valence-corrected chi connectivity index (χ1v) is 14.9. The van der Waals surface area contributed by atoms with Crippen LogP contribution in [-0.4, -0.2) is 67.1 Å². The van der Waals surface area contributed by atoms with Crippen LogP contribution in [0.2, 0.25) is 0 Å². The summed E-state index contributed by atoms with van der Waals surface area (Å²) in [6.45, 7) is 8.32. The number of carbonyl (C=O) groups excluding carboxylic acids is 1. The highest BCUT2D eigenvalue weighted by Crippen LogP contribution is 2.24. The van der Waals surface area contributed by atoms with Crippen molar-refractivity contribution in [1.82, 2.24) is 20.1 Å². The lowest BCUT2D eigenvalue weighted by Crippen LogP contribution is -2.31. The number of anilines is 1. The number of aromatic nitrogens is 1. The lowest BCUT2D eigenvalue weighted by molar-refractivity contribution is 0.0456. The number of likely N-dealkylation sites (N-methyl/N-ethyl adjacent to an activating group) is 1. The van der Waals surface area contributed by atoms with Crippen molar-refractivity contribution < 1.29 is 9.53 Å². The molecule has 7 heteroatoms. The zero-order valence-corrected chi connectivity index (χ0v) is 25.5. The number of nitrogen functional groups attached to an aromatic ring is 1. The first-order chi connectivity index (χ1) is 19.7. The fourth-order valence-corrected chi connectivity index (χ4v) is 5.55. The molecule has 1 unspecified atom stereocenters. The molecule has 2 heterocycles. The Morgan fingerprint density at radius 1 is 1.00 bits per heavy atom. The molecule has 2 aromatic carbocycles. The quantitative estimate of drug-likeness (QED) is 0.376. The molecule has 1 atom stereocenters. The first kappa shape index (κ1) is 30.7. The molecule has 0 spiro atoms. The number of hydrogen-bond donors (Lipinski definition) is 2. The number of nitrogens with zero attached hydrogens (tertiary/aromatic N) is 3. The number of amides is 1. The van der Waals surface area contributed by atoms with E-state index in [-0.39, 0.29) is 11.7 Å². The fourth-order valence-electron chi connectivity index (χ4n) is 5.55. The van der Waals surface area contributed by atoms with E-state index in [4.69, 9.17) is 10.5 Å². The minimum Gasteiger partial charge on any atom is -0.383 e. The van der Waals surface area contributed by atoms with Gasteiger partial charge in [-0.3, -0.25) is 9.69 Å². The van der Waals surface area contributed by atoms with Gasteiger partial charge < -0.3 is 20.7 Å². The molecule has 1 saturated heterocycles. The van der Waals surface area contributed by atoms with Gasteiger partial charge in [0.05, 0.1) is 18.3 Å². The van der Waals surface area contributed by atoms with E-state index in [0.717, 1.165) is 37.4 Å². The largest absolute Gasteiger partial charge is 0.383 e. The summed E-state index contributed by atoms with van der Waals surface area (Å²) in [5.74, 6) is 0.0205. The molecular weight excluding hydrogens is 510 g/mol. The van der Waals surface area contributed by atoms with Crippen LogP contribution in [0.25, 0.3) is 11.1 Å². The van der Waals surface area contributed by atoms with Crippen LogP contribution in [0.15, 0.2) is 54.7 Å². The summed E-state index contributed by atoms with van der Waals surface area (Å²) in [6, 6.07) is 17.5. The molecule has 3 N–H and O–H groups in total. The van der Waals surface area contributed by atoms with Gasteiger partial charge in [-0.1, -0.05) is 55.3 Å². The minimum atomic E-state index is -0.224.